The lowest BCUT2D eigenvalue weighted by molar-refractivity contribution is -0.126. The van der Waals surface area contributed by atoms with Crippen molar-refractivity contribution in [1.29, 1.82) is 0 Å². The zero-order chi connectivity index (χ0) is 25.2. The number of hydrogen-bond donors (Lipinski definition) is 1. The highest BCUT2D eigenvalue weighted by Crippen LogP contribution is 2.28. The molecule has 2 aromatic rings. The molecule has 35 heavy (non-hydrogen) atoms. The zero-order valence-corrected chi connectivity index (χ0v) is 21.8. The zero-order valence-electron chi connectivity index (χ0n) is 21.8. The Bertz CT molecular complexity index is 902. The smallest absolute Gasteiger partial charge is 0.256 e. The summed E-state index contributed by atoms with van der Waals surface area (Å²) in [6.45, 7) is 11.8. The number of hydrogen-bond acceptors (Lipinski definition) is 5. The number of aromatic nitrogens is 3. The third-order valence-electron chi connectivity index (χ3n) is 7.12. The van der Waals surface area contributed by atoms with Crippen molar-refractivity contribution in [2.24, 2.45) is 11.8 Å². The highest BCUT2D eigenvalue weighted by molar-refractivity contribution is 5.97. The molecule has 0 spiro atoms. The van der Waals surface area contributed by atoms with Crippen LogP contribution in [-0.2, 0) is 11.3 Å². The van der Waals surface area contributed by atoms with E-state index in [4.69, 9.17) is 0 Å². The Balaban J connectivity index is 1.87. The minimum Gasteiger partial charge on any atom is -0.357 e. The van der Waals surface area contributed by atoms with Crippen molar-refractivity contribution in [2.75, 3.05) is 31.1 Å². The molecule has 0 bridgehead atoms. The molecule has 0 radical (unpaired) electrons. The molecule has 2 aromatic heterocycles. The standard InChI is InChI=1S/C27H42N6O2/c1-5-21(6-2)18-24(26(34)29-19-22-10-11-22)33(17-16-32-15-9-14-30-32)27(35)23-12-13-25(28-20-23)31(7-3)8-4/h9,12-15,20-22,24H,5-8,10-11,16-19H2,1-4H3,(H,29,34). The van der Waals surface area contributed by atoms with Crippen LogP contribution in [-0.4, -0.2) is 63.7 Å². The Hall–Kier alpha value is -2.90. The number of amides is 2. The summed E-state index contributed by atoms with van der Waals surface area (Å²) >= 11 is 0. The highest BCUT2D eigenvalue weighted by atomic mass is 16.2. The molecule has 192 valence electrons. The summed E-state index contributed by atoms with van der Waals surface area (Å²) in [5.41, 5.74) is 0.505. The topological polar surface area (TPSA) is 83.4 Å². The van der Waals surface area contributed by atoms with Gasteiger partial charge in [-0.05, 0) is 63.1 Å². The first kappa shape index (κ1) is 26.7. The van der Waals surface area contributed by atoms with Crippen LogP contribution < -0.4 is 10.2 Å². The van der Waals surface area contributed by atoms with Crippen LogP contribution in [0.2, 0.25) is 0 Å². The lowest BCUT2D eigenvalue weighted by Crippen LogP contribution is -2.51. The summed E-state index contributed by atoms with van der Waals surface area (Å²) < 4.78 is 1.80. The van der Waals surface area contributed by atoms with E-state index >= 15 is 0 Å². The SMILES string of the molecule is CCC(CC)CC(C(=O)NCC1CC1)N(CCn1cccn1)C(=O)c1ccc(N(CC)CC)nc1. The molecule has 0 saturated heterocycles. The summed E-state index contributed by atoms with van der Waals surface area (Å²) in [4.78, 5) is 35.7. The fourth-order valence-electron chi connectivity index (χ4n) is 4.45. The van der Waals surface area contributed by atoms with Gasteiger partial charge in [-0.2, -0.15) is 5.10 Å². The summed E-state index contributed by atoms with van der Waals surface area (Å²) in [5.74, 6) is 1.59. The van der Waals surface area contributed by atoms with Crippen LogP contribution in [0.1, 0.15) is 70.2 Å². The average molecular weight is 483 g/mol. The van der Waals surface area contributed by atoms with Crippen LogP contribution in [0.4, 0.5) is 5.82 Å². The van der Waals surface area contributed by atoms with Crippen molar-refractivity contribution < 1.29 is 9.59 Å². The molecular formula is C27H42N6O2. The van der Waals surface area contributed by atoms with Crippen molar-refractivity contribution >= 4 is 17.6 Å². The van der Waals surface area contributed by atoms with Gasteiger partial charge in [0.25, 0.3) is 5.91 Å². The number of carbonyl (C=O) groups is 2. The van der Waals surface area contributed by atoms with Gasteiger partial charge in [-0.25, -0.2) is 4.98 Å². The van der Waals surface area contributed by atoms with E-state index in [2.05, 4.69) is 48.0 Å². The van der Waals surface area contributed by atoms with Gasteiger partial charge in [0.15, 0.2) is 0 Å². The number of rotatable bonds is 15. The number of anilines is 1. The van der Waals surface area contributed by atoms with Crippen molar-refractivity contribution in [3.8, 4) is 0 Å². The Labute approximate surface area is 210 Å². The number of nitrogens with one attached hydrogen (secondary N) is 1. The first-order valence-electron chi connectivity index (χ1n) is 13.3. The first-order valence-corrected chi connectivity index (χ1v) is 13.3. The monoisotopic (exact) mass is 482 g/mol. The predicted molar refractivity (Wildman–Crippen MR) is 139 cm³/mol. The number of pyridine rings is 1. The van der Waals surface area contributed by atoms with Crippen LogP contribution in [0.15, 0.2) is 36.8 Å². The van der Waals surface area contributed by atoms with Crippen molar-refractivity contribution in [1.82, 2.24) is 25.0 Å². The Morgan fingerprint density at radius 1 is 1.14 bits per heavy atom. The maximum atomic E-state index is 13.8. The van der Waals surface area contributed by atoms with Crippen molar-refractivity contribution in [3.05, 3.63) is 42.4 Å². The van der Waals surface area contributed by atoms with E-state index < -0.39 is 6.04 Å². The van der Waals surface area contributed by atoms with Crippen LogP contribution in [0.3, 0.4) is 0 Å². The minimum atomic E-state index is -0.524. The molecular weight excluding hydrogens is 440 g/mol. The molecule has 1 N–H and O–H groups in total. The largest absolute Gasteiger partial charge is 0.357 e. The van der Waals surface area contributed by atoms with Crippen LogP contribution in [0.5, 0.6) is 0 Å². The van der Waals surface area contributed by atoms with Crippen LogP contribution >= 0.6 is 0 Å². The maximum absolute atomic E-state index is 13.8. The van der Waals surface area contributed by atoms with E-state index in [9.17, 15) is 9.59 Å². The Morgan fingerprint density at radius 2 is 1.89 bits per heavy atom. The van der Waals surface area contributed by atoms with Gasteiger partial charge in [0.05, 0.1) is 12.1 Å². The van der Waals surface area contributed by atoms with Gasteiger partial charge in [0.1, 0.15) is 11.9 Å². The molecule has 1 unspecified atom stereocenters. The quantitative estimate of drug-likeness (QED) is 0.415. The second kappa shape index (κ2) is 13.3. The van der Waals surface area contributed by atoms with E-state index in [1.54, 1.807) is 22.0 Å². The fraction of sp³-hybridized carbons (Fsp3) is 0.630. The van der Waals surface area contributed by atoms with E-state index in [-0.39, 0.29) is 11.8 Å². The first-order chi connectivity index (χ1) is 17.0. The molecule has 2 amide bonds. The molecule has 2 heterocycles. The molecule has 0 aliphatic heterocycles. The molecule has 1 saturated carbocycles. The summed E-state index contributed by atoms with van der Waals surface area (Å²) in [6.07, 6.45) is 10.2. The van der Waals surface area contributed by atoms with Gasteiger partial charge in [0, 0.05) is 44.8 Å². The highest BCUT2D eigenvalue weighted by Gasteiger charge is 2.33. The number of carbonyl (C=O) groups excluding carboxylic acids is 2. The molecule has 1 aliphatic carbocycles. The normalized spacial score (nSPS) is 14.1. The van der Waals surface area contributed by atoms with Crippen LogP contribution in [0.25, 0.3) is 0 Å². The fourth-order valence-corrected chi connectivity index (χ4v) is 4.45. The third kappa shape index (κ3) is 7.54. The van der Waals surface area contributed by atoms with Gasteiger partial charge in [-0.1, -0.05) is 26.7 Å². The molecule has 1 aliphatic rings. The molecule has 0 aromatic carbocycles. The molecule has 8 heteroatoms. The lowest BCUT2D eigenvalue weighted by atomic mass is 9.93. The maximum Gasteiger partial charge on any atom is 0.256 e. The van der Waals surface area contributed by atoms with Crippen molar-refractivity contribution in [3.63, 3.8) is 0 Å². The van der Waals surface area contributed by atoms with Gasteiger partial charge < -0.3 is 15.1 Å². The predicted octanol–water partition coefficient (Wildman–Crippen LogP) is 3.99. The third-order valence-corrected chi connectivity index (χ3v) is 7.12. The van der Waals surface area contributed by atoms with Crippen molar-refractivity contribution in [2.45, 2.75) is 72.4 Å². The number of nitrogens with zero attached hydrogens (tertiary/aromatic N) is 5. The second-order valence-electron chi connectivity index (χ2n) is 9.47. The van der Waals surface area contributed by atoms with E-state index in [0.717, 1.165) is 31.7 Å². The van der Waals surface area contributed by atoms with Gasteiger partial charge >= 0.3 is 0 Å². The van der Waals surface area contributed by atoms with Gasteiger partial charge in [-0.3, -0.25) is 14.3 Å². The summed E-state index contributed by atoms with van der Waals surface area (Å²) in [6, 6.07) is 5.07. The minimum absolute atomic E-state index is 0.0506. The van der Waals surface area contributed by atoms with Gasteiger partial charge in [-0.15, -0.1) is 0 Å². The lowest BCUT2D eigenvalue weighted by Gasteiger charge is -2.33. The Kier molecular flexibility index (Phi) is 10.1. The van der Waals surface area contributed by atoms with Crippen LogP contribution in [0, 0.1) is 11.8 Å². The van der Waals surface area contributed by atoms with Gasteiger partial charge in [0.2, 0.25) is 5.91 Å². The molecule has 1 atom stereocenters. The summed E-state index contributed by atoms with van der Waals surface area (Å²) in [5, 5.41) is 7.44. The average Bonchev–Trinajstić information content (AvgIpc) is 3.58. The second-order valence-corrected chi connectivity index (χ2v) is 9.47. The molecule has 8 nitrogen and oxygen atoms in total. The van der Waals surface area contributed by atoms with E-state index in [1.807, 2.05) is 24.4 Å². The van der Waals surface area contributed by atoms with E-state index in [0.29, 0.717) is 43.5 Å². The Morgan fingerprint density at radius 3 is 2.43 bits per heavy atom. The van der Waals surface area contributed by atoms with E-state index in [1.165, 1.54) is 12.8 Å². The summed E-state index contributed by atoms with van der Waals surface area (Å²) in [7, 11) is 0. The molecule has 1 fully saturated rings. The molecule has 3 rings (SSSR count).